The van der Waals surface area contributed by atoms with Crippen molar-refractivity contribution in [2.75, 3.05) is 6.61 Å². The number of amides is 1. The molecule has 144 valence electrons. The van der Waals surface area contributed by atoms with Crippen LogP contribution < -0.4 is 10.2 Å². The molecule has 3 aromatic carbocycles. The van der Waals surface area contributed by atoms with Crippen LogP contribution in [0.25, 0.3) is 10.8 Å². The third kappa shape index (κ3) is 5.15. The molecule has 2 N–H and O–H groups in total. The Bertz CT molecular complexity index is 1020. The number of nitrogens with zero attached hydrogens (tertiary/aromatic N) is 1. The van der Waals surface area contributed by atoms with Crippen LogP contribution in [-0.2, 0) is 4.79 Å². The maximum atomic E-state index is 11.9. The Balaban J connectivity index is 1.49. The van der Waals surface area contributed by atoms with Crippen molar-refractivity contribution < 1.29 is 14.6 Å². The van der Waals surface area contributed by atoms with Crippen LogP contribution in [0.4, 0.5) is 0 Å². The first-order valence-corrected chi connectivity index (χ1v) is 9.40. The predicted molar refractivity (Wildman–Crippen MR) is 113 cm³/mol. The van der Waals surface area contributed by atoms with E-state index in [1.165, 1.54) is 6.21 Å². The number of benzene rings is 3. The van der Waals surface area contributed by atoms with E-state index in [2.05, 4.69) is 10.5 Å². The summed E-state index contributed by atoms with van der Waals surface area (Å²) in [5.74, 6) is 0.377. The number of rotatable bonds is 7. The fourth-order valence-electron chi connectivity index (χ4n) is 2.65. The Morgan fingerprint density at radius 3 is 2.79 bits per heavy atom. The second-order valence-corrected chi connectivity index (χ2v) is 6.88. The molecule has 0 aromatic heterocycles. The number of phenolic OH excluding ortho intramolecular Hbond substituents is 1. The molecule has 0 spiro atoms. The summed E-state index contributed by atoms with van der Waals surface area (Å²) in [4.78, 5) is 11.9. The summed E-state index contributed by atoms with van der Waals surface area (Å²) in [5.41, 5.74) is 3.02. The molecule has 3 aromatic rings. The highest BCUT2D eigenvalue weighted by Gasteiger charge is 2.06. The Kier molecular flexibility index (Phi) is 6.74. The summed E-state index contributed by atoms with van der Waals surface area (Å²) in [7, 11) is 0. The van der Waals surface area contributed by atoms with Crippen molar-refractivity contribution in [1.29, 1.82) is 0 Å². The Morgan fingerprint density at radius 2 is 1.96 bits per heavy atom. The first-order valence-electron chi connectivity index (χ1n) is 8.65. The van der Waals surface area contributed by atoms with Crippen molar-refractivity contribution in [3.05, 3.63) is 70.2 Å². The zero-order chi connectivity index (χ0) is 19.9. The van der Waals surface area contributed by atoms with Gasteiger partial charge in [0, 0.05) is 17.0 Å². The molecule has 28 heavy (non-hydrogen) atoms. The van der Waals surface area contributed by atoms with Crippen molar-refractivity contribution in [3.63, 3.8) is 0 Å². The number of aromatic hydroxyl groups is 1. The molecule has 0 heterocycles. The highest BCUT2D eigenvalue weighted by Crippen LogP contribution is 2.27. The number of halogens is 2. The Labute approximate surface area is 172 Å². The number of carbonyl (C=O) groups excluding carboxylic acids is 1. The number of phenols is 1. The molecule has 0 unspecified atom stereocenters. The molecule has 0 atom stereocenters. The average Bonchev–Trinajstić information content (AvgIpc) is 2.68. The quantitative estimate of drug-likeness (QED) is 0.317. The largest absolute Gasteiger partial charge is 0.507 e. The zero-order valence-electron chi connectivity index (χ0n) is 14.9. The highest BCUT2D eigenvalue weighted by molar-refractivity contribution is 6.35. The molecule has 0 aliphatic rings. The molecule has 0 saturated carbocycles. The van der Waals surface area contributed by atoms with Crippen LogP contribution in [0.3, 0.4) is 0 Å². The fraction of sp³-hybridized carbons (Fsp3) is 0.143. The van der Waals surface area contributed by atoms with E-state index in [-0.39, 0.29) is 18.1 Å². The van der Waals surface area contributed by atoms with E-state index in [4.69, 9.17) is 27.9 Å². The van der Waals surface area contributed by atoms with Gasteiger partial charge in [0.2, 0.25) is 5.91 Å². The number of hydrogen-bond acceptors (Lipinski definition) is 4. The standard InChI is InChI=1S/C21H18Cl2N2O3/c22-15-8-10-20(18(23)12-15)28-11-3-6-21(27)25-24-13-17-16-5-2-1-4-14(16)7-9-19(17)26/h1-2,4-5,7-10,12-13,26H,3,6,11H2,(H,25,27). The van der Waals surface area contributed by atoms with Crippen molar-refractivity contribution in [1.82, 2.24) is 5.43 Å². The minimum atomic E-state index is -0.248. The molecule has 0 bridgehead atoms. The van der Waals surface area contributed by atoms with Gasteiger partial charge >= 0.3 is 0 Å². The van der Waals surface area contributed by atoms with E-state index in [9.17, 15) is 9.90 Å². The van der Waals surface area contributed by atoms with E-state index in [0.717, 1.165) is 10.8 Å². The van der Waals surface area contributed by atoms with E-state index in [1.807, 2.05) is 30.3 Å². The smallest absolute Gasteiger partial charge is 0.240 e. The summed E-state index contributed by atoms with van der Waals surface area (Å²) in [6.07, 6.45) is 2.18. The molecular formula is C21H18Cl2N2O3. The molecule has 0 fully saturated rings. The van der Waals surface area contributed by atoms with Crippen molar-refractivity contribution in [2.45, 2.75) is 12.8 Å². The van der Waals surface area contributed by atoms with Crippen LogP contribution in [0.1, 0.15) is 18.4 Å². The summed E-state index contributed by atoms with van der Waals surface area (Å²) in [6.45, 7) is 0.336. The summed E-state index contributed by atoms with van der Waals surface area (Å²) in [6, 6.07) is 16.0. The first-order chi connectivity index (χ1) is 13.5. The van der Waals surface area contributed by atoms with Crippen molar-refractivity contribution in [2.24, 2.45) is 5.10 Å². The zero-order valence-corrected chi connectivity index (χ0v) is 16.4. The van der Waals surface area contributed by atoms with Gasteiger partial charge in [-0.3, -0.25) is 4.79 Å². The van der Waals surface area contributed by atoms with Crippen LogP contribution in [0.15, 0.2) is 59.7 Å². The molecule has 7 heteroatoms. The van der Waals surface area contributed by atoms with Crippen molar-refractivity contribution >= 4 is 46.1 Å². The lowest BCUT2D eigenvalue weighted by Gasteiger charge is -2.08. The molecule has 5 nitrogen and oxygen atoms in total. The van der Waals surface area contributed by atoms with Crippen molar-refractivity contribution in [3.8, 4) is 11.5 Å². The monoisotopic (exact) mass is 416 g/mol. The van der Waals surface area contributed by atoms with Gasteiger partial charge in [0.25, 0.3) is 0 Å². The number of ether oxygens (including phenoxy) is 1. The van der Waals surface area contributed by atoms with Gasteiger partial charge in [-0.1, -0.05) is 53.5 Å². The topological polar surface area (TPSA) is 70.9 Å². The molecule has 1 amide bonds. The number of hydrazone groups is 1. The van der Waals surface area contributed by atoms with Crippen LogP contribution in [0, 0.1) is 0 Å². The SMILES string of the molecule is O=C(CCCOc1ccc(Cl)cc1Cl)NN=Cc1c(O)ccc2ccccc12. The Hall–Kier alpha value is -2.76. The van der Waals surface area contributed by atoms with Gasteiger partial charge in [-0.25, -0.2) is 5.43 Å². The maximum absolute atomic E-state index is 11.9. The molecule has 3 rings (SSSR count). The van der Waals surface area contributed by atoms with Crippen LogP contribution in [0.2, 0.25) is 10.0 Å². The second-order valence-electron chi connectivity index (χ2n) is 6.04. The van der Waals surface area contributed by atoms with Gasteiger partial charge in [0.05, 0.1) is 17.8 Å². The average molecular weight is 417 g/mol. The fourth-order valence-corrected chi connectivity index (χ4v) is 3.11. The number of nitrogens with one attached hydrogen (secondary N) is 1. The van der Waals surface area contributed by atoms with E-state index in [0.29, 0.717) is 34.4 Å². The highest BCUT2D eigenvalue weighted by atomic mass is 35.5. The van der Waals surface area contributed by atoms with Gasteiger partial charge in [0.1, 0.15) is 11.5 Å². The molecular weight excluding hydrogens is 399 g/mol. The minimum Gasteiger partial charge on any atom is -0.507 e. The van der Waals surface area contributed by atoms with E-state index < -0.39 is 0 Å². The van der Waals surface area contributed by atoms with Gasteiger partial charge < -0.3 is 9.84 Å². The maximum Gasteiger partial charge on any atom is 0.240 e. The number of fused-ring (bicyclic) bond motifs is 1. The van der Waals surface area contributed by atoms with Gasteiger partial charge in [-0.15, -0.1) is 0 Å². The van der Waals surface area contributed by atoms with E-state index in [1.54, 1.807) is 24.3 Å². The predicted octanol–water partition coefficient (Wildman–Crippen LogP) is 5.16. The number of hydrogen-bond donors (Lipinski definition) is 2. The molecule has 0 saturated heterocycles. The first kappa shape index (κ1) is 20.0. The summed E-state index contributed by atoms with van der Waals surface area (Å²) >= 11 is 11.9. The van der Waals surface area contributed by atoms with Gasteiger partial charge in [0.15, 0.2) is 0 Å². The van der Waals surface area contributed by atoms with Crippen LogP contribution in [-0.4, -0.2) is 23.8 Å². The van der Waals surface area contributed by atoms with Crippen LogP contribution in [0.5, 0.6) is 11.5 Å². The molecule has 0 aliphatic carbocycles. The van der Waals surface area contributed by atoms with Gasteiger partial charge in [-0.2, -0.15) is 5.10 Å². The van der Waals surface area contributed by atoms with E-state index >= 15 is 0 Å². The lowest BCUT2D eigenvalue weighted by Crippen LogP contribution is -2.18. The summed E-state index contributed by atoms with van der Waals surface area (Å²) in [5, 5.41) is 16.8. The lowest BCUT2D eigenvalue weighted by atomic mass is 10.0. The number of carbonyl (C=O) groups is 1. The second kappa shape index (κ2) is 9.44. The molecule has 0 aliphatic heterocycles. The summed E-state index contributed by atoms with van der Waals surface area (Å²) < 4.78 is 5.54. The van der Waals surface area contributed by atoms with Gasteiger partial charge in [-0.05, 0) is 41.5 Å². The lowest BCUT2D eigenvalue weighted by molar-refractivity contribution is -0.121. The normalized spacial score (nSPS) is 11.1. The third-order valence-electron chi connectivity index (χ3n) is 4.03. The van der Waals surface area contributed by atoms with Crippen LogP contribution >= 0.6 is 23.2 Å². The molecule has 0 radical (unpaired) electrons. The third-order valence-corrected chi connectivity index (χ3v) is 4.56. The minimum absolute atomic E-state index is 0.102. The Morgan fingerprint density at radius 1 is 1.14 bits per heavy atom.